The van der Waals surface area contributed by atoms with Gasteiger partial charge in [0.05, 0.1) is 18.5 Å². The zero-order chi connectivity index (χ0) is 22.1. The van der Waals surface area contributed by atoms with Gasteiger partial charge in [0.15, 0.2) is 0 Å². The first-order valence-electron chi connectivity index (χ1n) is 11.5. The number of nitrogens with one attached hydrogen (secondary N) is 1. The molecule has 4 aromatic rings. The van der Waals surface area contributed by atoms with Crippen LogP contribution in [0.15, 0.2) is 47.1 Å². The van der Waals surface area contributed by atoms with Crippen molar-refractivity contribution in [3.05, 3.63) is 65.3 Å². The molecule has 1 aromatic carbocycles. The normalized spacial score (nSPS) is 14.7. The first kappa shape index (κ1) is 20.6. The predicted octanol–water partition coefficient (Wildman–Crippen LogP) is 5.95. The number of benzene rings is 1. The standard InChI is InChI=1S/C26H30N4O2/c1-17-25(18(2)32-29-17)20-13-14-30-24(16-20)28-23(15-19-9-11-22(31-3)12-10-19)26(30)27-21-7-5-4-6-8-21/h9-14,16,21,27H,4-8,15H2,1-3H3. The highest BCUT2D eigenvalue weighted by atomic mass is 16.5. The van der Waals surface area contributed by atoms with Gasteiger partial charge in [0.25, 0.3) is 0 Å². The van der Waals surface area contributed by atoms with Crippen LogP contribution in [-0.4, -0.2) is 27.7 Å². The van der Waals surface area contributed by atoms with Crippen LogP contribution in [0.2, 0.25) is 0 Å². The fourth-order valence-corrected chi connectivity index (χ4v) is 4.80. The molecule has 0 aliphatic heterocycles. The molecular formula is C26H30N4O2. The van der Waals surface area contributed by atoms with Gasteiger partial charge in [-0.25, -0.2) is 4.98 Å². The molecule has 1 aliphatic rings. The minimum absolute atomic E-state index is 0.500. The molecule has 0 atom stereocenters. The van der Waals surface area contributed by atoms with E-state index in [1.54, 1.807) is 7.11 Å². The summed E-state index contributed by atoms with van der Waals surface area (Å²) in [7, 11) is 1.69. The van der Waals surface area contributed by atoms with Crippen LogP contribution in [0.3, 0.4) is 0 Å². The van der Waals surface area contributed by atoms with E-state index in [1.165, 1.54) is 37.7 Å². The molecular weight excluding hydrogens is 400 g/mol. The largest absolute Gasteiger partial charge is 0.497 e. The van der Waals surface area contributed by atoms with Crippen molar-refractivity contribution in [3.63, 3.8) is 0 Å². The lowest BCUT2D eigenvalue weighted by molar-refractivity contribution is 0.393. The van der Waals surface area contributed by atoms with Crippen molar-refractivity contribution in [1.29, 1.82) is 0 Å². The first-order valence-corrected chi connectivity index (χ1v) is 11.5. The number of anilines is 1. The number of pyridine rings is 1. The van der Waals surface area contributed by atoms with E-state index >= 15 is 0 Å². The number of nitrogens with zero attached hydrogens (tertiary/aromatic N) is 3. The molecule has 3 heterocycles. The van der Waals surface area contributed by atoms with Crippen molar-refractivity contribution >= 4 is 11.5 Å². The molecule has 0 amide bonds. The highest BCUT2D eigenvalue weighted by Gasteiger charge is 2.20. The summed E-state index contributed by atoms with van der Waals surface area (Å²) in [5.74, 6) is 2.80. The lowest BCUT2D eigenvalue weighted by Gasteiger charge is -2.24. The Kier molecular flexibility index (Phi) is 5.60. The van der Waals surface area contributed by atoms with E-state index in [9.17, 15) is 0 Å². The van der Waals surface area contributed by atoms with Gasteiger partial charge >= 0.3 is 0 Å². The maximum absolute atomic E-state index is 5.39. The fourth-order valence-electron chi connectivity index (χ4n) is 4.80. The summed E-state index contributed by atoms with van der Waals surface area (Å²) < 4.78 is 12.9. The van der Waals surface area contributed by atoms with Gasteiger partial charge < -0.3 is 14.6 Å². The van der Waals surface area contributed by atoms with Crippen LogP contribution >= 0.6 is 0 Å². The van der Waals surface area contributed by atoms with Gasteiger partial charge in [-0.1, -0.05) is 36.6 Å². The fraction of sp³-hybridized carbons (Fsp3) is 0.385. The van der Waals surface area contributed by atoms with Gasteiger partial charge in [0.1, 0.15) is 23.0 Å². The van der Waals surface area contributed by atoms with Gasteiger partial charge in [-0.05, 0) is 62.1 Å². The number of fused-ring (bicyclic) bond motifs is 1. The number of hydrogen-bond donors (Lipinski definition) is 1. The van der Waals surface area contributed by atoms with Crippen LogP contribution in [0.25, 0.3) is 16.8 Å². The molecule has 1 aliphatic carbocycles. The summed E-state index contributed by atoms with van der Waals surface area (Å²) in [6.45, 7) is 3.93. The lowest BCUT2D eigenvalue weighted by Crippen LogP contribution is -2.23. The molecule has 5 rings (SSSR count). The van der Waals surface area contributed by atoms with Crippen molar-refractivity contribution in [3.8, 4) is 16.9 Å². The van der Waals surface area contributed by atoms with Crippen molar-refractivity contribution in [2.75, 3.05) is 12.4 Å². The Labute approximate surface area is 188 Å². The maximum atomic E-state index is 5.39. The smallest absolute Gasteiger partial charge is 0.141 e. The number of rotatable bonds is 6. The molecule has 6 heteroatoms. The van der Waals surface area contributed by atoms with Crippen LogP contribution in [-0.2, 0) is 6.42 Å². The van der Waals surface area contributed by atoms with Crippen LogP contribution in [0, 0.1) is 13.8 Å². The second kappa shape index (κ2) is 8.69. The van der Waals surface area contributed by atoms with E-state index in [-0.39, 0.29) is 0 Å². The third-order valence-electron chi connectivity index (χ3n) is 6.50. The Bertz CT molecular complexity index is 1200. The average molecular weight is 431 g/mol. The van der Waals surface area contributed by atoms with Gasteiger partial charge in [-0.15, -0.1) is 0 Å². The number of methoxy groups -OCH3 is 1. The molecule has 32 heavy (non-hydrogen) atoms. The molecule has 0 bridgehead atoms. The second-order valence-corrected chi connectivity index (χ2v) is 8.75. The second-order valence-electron chi connectivity index (χ2n) is 8.75. The van der Waals surface area contributed by atoms with E-state index in [1.807, 2.05) is 26.0 Å². The highest BCUT2D eigenvalue weighted by Crippen LogP contribution is 2.31. The summed E-state index contributed by atoms with van der Waals surface area (Å²) in [5, 5.41) is 7.96. The van der Waals surface area contributed by atoms with Crippen LogP contribution in [0.1, 0.15) is 54.8 Å². The number of ether oxygens (including phenoxy) is 1. The Morgan fingerprint density at radius 2 is 1.88 bits per heavy atom. The predicted molar refractivity (Wildman–Crippen MR) is 126 cm³/mol. The monoisotopic (exact) mass is 430 g/mol. The van der Waals surface area contributed by atoms with E-state index in [0.29, 0.717) is 6.04 Å². The Balaban J connectivity index is 1.55. The number of aryl methyl sites for hydroxylation is 2. The van der Waals surface area contributed by atoms with Crippen molar-refractivity contribution in [2.24, 2.45) is 0 Å². The molecule has 3 aromatic heterocycles. The van der Waals surface area contributed by atoms with Crippen molar-refractivity contribution in [1.82, 2.24) is 14.5 Å². The number of hydrogen-bond acceptors (Lipinski definition) is 5. The van der Waals surface area contributed by atoms with Gasteiger partial charge in [0.2, 0.25) is 0 Å². The van der Waals surface area contributed by atoms with Gasteiger partial charge in [-0.3, -0.25) is 4.40 Å². The molecule has 1 N–H and O–H groups in total. The topological polar surface area (TPSA) is 64.6 Å². The molecule has 0 unspecified atom stereocenters. The van der Waals surface area contributed by atoms with Crippen LogP contribution < -0.4 is 10.1 Å². The van der Waals surface area contributed by atoms with Crippen molar-refractivity contribution in [2.45, 2.75) is 58.4 Å². The van der Waals surface area contributed by atoms with Crippen LogP contribution in [0.5, 0.6) is 5.75 Å². The summed E-state index contributed by atoms with van der Waals surface area (Å²) >= 11 is 0. The molecule has 0 saturated heterocycles. The van der Waals surface area contributed by atoms with E-state index in [2.05, 4.69) is 45.3 Å². The van der Waals surface area contributed by atoms with E-state index < -0.39 is 0 Å². The third-order valence-corrected chi connectivity index (χ3v) is 6.50. The zero-order valence-corrected chi connectivity index (χ0v) is 19.0. The molecule has 166 valence electrons. The highest BCUT2D eigenvalue weighted by molar-refractivity contribution is 5.72. The van der Waals surface area contributed by atoms with Crippen LogP contribution in [0.4, 0.5) is 5.82 Å². The average Bonchev–Trinajstić information content (AvgIpc) is 3.33. The number of aromatic nitrogens is 3. The summed E-state index contributed by atoms with van der Waals surface area (Å²) in [4.78, 5) is 5.06. The van der Waals surface area contributed by atoms with E-state index in [0.717, 1.165) is 51.9 Å². The minimum atomic E-state index is 0.500. The molecule has 6 nitrogen and oxygen atoms in total. The van der Waals surface area contributed by atoms with E-state index in [4.69, 9.17) is 14.2 Å². The molecule has 0 radical (unpaired) electrons. The van der Waals surface area contributed by atoms with Gasteiger partial charge in [0, 0.05) is 24.2 Å². The van der Waals surface area contributed by atoms with Crippen molar-refractivity contribution < 1.29 is 9.26 Å². The maximum Gasteiger partial charge on any atom is 0.141 e. The summed E-state index contributed by atoms with van der Waals surface area (Å²) in [6, 6.07) is 13.0. The lowest BCUT2D eigenvalue weighted by atomic mass is 9.95. The molecule has 1 saturated carbocycles. The first-order chi connectivity index (χ1) is 15.6. The quantitative estimate of drug-likeness (QED) is 0.409. The SMILES string of the molecule is COc1ccc(Cc2nc3cc(-c4c(C)noc4C)ccn3c2NC2CCCCC2)cc1. The summed E-state index contributed by atoms with van der Waals surface area (Å²) in [5.41, 5.74) is 6.25. The Morgan fingerprint density at radius 1 is 1.09 bits per heavy atom. The molecule has 0 spiro atoms. The number of imidazole rings is 1. The zero-order valence-electron chi connectivity index (χ0n) is 19.0. The Hall–Kier alpha value is -3.28. The summed E-state index contributed by atoms with van der Waals surface area (Å²) in [6.07, 6.45) is 9.23. The van der Waals surface area contributed by atoms with Gasteiger partial charge in [-0.2, -0.15) is 0 Å². The Morgan fingerprint density at radius 3 is 2.56 bits per heavy atom. The molecule has 1 fully saturated rings. The third kappa shape index (κ3) is 3.97. The minimum Gasteiger partial charge on any atom is -0.497 e.